The first kappa shape index (κ1) is 27.5. The molecule has 0 N–H and O–H groups in total. The fraction of sp³-hybridized carbons (Fsp3) is 0. The number of hydrogen-bond acceptors (Lipinski definition) is 3. The van der Waals surface area contributed by atoms with Gasteiger partial charge in [-0.25, -0.2) is 0 Å². The maximum atomic E-state index is 6.52. The summed E-state index contributed by atoms with van der Waals surface area (Å²) in [6.45, 7) is 0. The van der Waals surface area contributed by atoms with E-state index in [1.807, 2.05) is 18.2 Å². The third-order valence-electron chi connectivity index (χ3n) is 9.66. The van der Waals surface area contributed by atoms with Crippen molar-refractivity contribution < 1.29 is 8.83 Å². The molecule has 3 nitrogen and oxygen atoms in total. The summed E-state index contributed by atoms with van der Waals surface area (Å²) in [7, 11) is 0. The van der Waals surface area contributed by atoms with Gasteiger partial charge < -0.3 is 13.7 Å². The van der Waals surface area contributed by atoms with E-state index in [2.05, 4.69) is 163 Å². The van der Waals surface area contributed by atoms with Gasteiger partial charge in [0, 0.05) is 44.0 Å². The van der Waals surface area contributed by atoms with Crippen molar-refractivity contribution in [1.82, 2.24) is 0 Å². The largest absolute Gasteiger partial charge is 0.456 e. The lowest BCUT2D eigenvalue weighted by Crippen LogP contribution is -2.09. The summed E-state index contributed by atoms with van der Waals surface area (Å²) in [6.07, 6.45) is 0. The molecule has 0 saturated carbocycles. The van der Waals surface area contributed by atoms with Crippen LogP contribution in [0.4, 0.5) is 17.1 Å². The summed E-state index contributed by atoms with van der Waals surface area (Å²) >= 11 is 0. The summed E-state index contributed by atoms with van der Waals surface area (Å²) < 4.78 is 12.7. The van der Waals surface area contributed by atoms with E-state index in [0.717, 1.165) is 88.6 Å². The van der Waals surface area contributed by atoms with E-state index >= 15 is 0 Å². The SMILES string of the molecule is c1ccc(N(c2ccc(-c3cccc4oc5ccccc5c34)cc2)c2cccc(-c3cccc4oc5c6ccccc6ccc5c34)c2)cc1. The highest BCUT2D eigenvalue weighted by Gasteiger charge is 2.18. The quantitative estimate of drug-likeness (QED) is 0.190. The standard InChI is InChI=1S/C46H29NO2/c1-2-13-33(14-3-1)47(34-26-23-31(24-27-34)36-18-9-21-42-44(36)39-17-6-7-20-41(39)48-42)35-15-8-12-32(29-35)37-19-10-22-43-45(37)40-28-25-30-11-4-5-16-38(30)46(40)49-43/h1-29H. The van der Waals surface area contributed by atoms with Gasteiger partial charge in [0.2, 0.25) is 0 Å². The van der Waals surface area contributed by atoms with E-state index < -0.39 is 0 Å². The smallest absolute Gasteiger partial charge is 0.143 e. The second-order valence-corrected chi connectivity index (χ2v) is 12.5. The van der Waals surface area contributed by atoms with Crippen LogP contribution < -0.4 is 4.90 Å². The van der Waals surface area contributed by atoms with E-state index in [0.29, 0.717) is 0 Å². The third kappa shape index (κ3) is 4.44. The molecule has 3 heteroatoms. The molecule has 0 bridgehead atoms. The highest BCUT2D eigenvalue weighted by Crippen LogP contribution is 2.43. The average Bonchev–Trinajstić information content (AvgIpc) is 3.75. The lowest BCUT2D eigenvalue weighted by atomic mass is 9.97. The minimum atomic E-state index is 0.894. The van der Waals surface area contributed by atoms with Crippen LogP contribution >= 0.6 is 0 Å². The predicted octanol–water partition coefficient (Wildman–Crippen LogP) is 13.4. The number of benzene rings is 8. The summed E-state index contributed by atoms with van der Waals surface area (Å²) in [4.78, 5) is 2.32. The highest BCUT2D eigenvalue weighted by molar-refractivity contribution is 6.19. The number of nitrogens with zero attached hydrogens (tertiary/aromatic N) is 1. The molecule has 0 unspecified atom stereocenters. The third-order valence-corrected chi connectivity index (χ3v) is 9.66. The molecule has 0 atom stereocenters. The summed E-state index contributed by atoms with van der Waals surface area (Å²) in [5.41, 5.74) is 11.5. The zero-order chi connectivity index (χ0) is 32.3. The maximum Gasteiger partial charge on any atom is 0.143 e. The van der Waals surface area contributed by atoms with Crippen molar-refractivity contribution in [3.05, 3.63) is 176 Å². The summed E-state index contributed by atoms with van der Waals surface area (Å²) in [5.74, 6) is 0. The minimum absolute atomic E-state index is 0.894. The molecule has 230 valence electrons. The van der Waals surface area contributed by atoms with Crippen molar-refractivity contribution in [3.63, 3.8) is 0 Å². The maximum absolute atomic E-state index is 6.52. The lowest BCUT2D eigenvalue weighted by molar-refractivity contribution is 0.669. The molecule has 0 radical (unpaired) electrons. The van der Waals surface area contributed by atoms with Crippen LogP contribution in [-0.4, -0.2) is 0 Å². The molecule has 10 rings (SSSR count). The van der Waals surface area contributed by atoms with Crippen LogP contribution in [0, 0.1) is 0 Å². The van der Waals surface area contributed by atoms with E-state index in [-0.39, 0.29) is 0 Å². The molecule has 49 heavy (non-hydrogen) atoms. The molecule has 0 amide bonds. The van der Waals surface area contributed by atoms with Gasteiger partial charge in [0.05, 0.1) is 0 Å². The van der Waals surface area contributed by atoms with Gasteiger partial charge in [-0.3, -0.25) is 0 Å². The average molecular weight is 628 g/mol. The lowest BCUT2D eigenvalue weighted by Gasteiger charge is -2.26. The molecule has 10 aromatic rings. The molecule has 0 aliphatic carbocycles. The zero-order valence-corrected chi connectivity index (χ0v) is 26.5. The van der Waals surface area contributed by atoms with Gasteiger partial charge in [-0.1, -0.05) is 115 Å². The molecule has 0 aliphatic heterocycles. The molecule has 0 fully saturated rings. The Morgan fingerprint density at radius 2 is 0.959 bits per heavy atom. The number of rotatable bonds is 5. The Morgan fingerprint density at radius 1 is 0.347 bits per heavy atom. The Morgan fingerprint density at radius 3 is 1.80 bits per heavy atom. The van der Waals surface area contributed by atoms with Crippen molar-refractivity contribution in [2.75, 3.05) is 4.90 Å². The number of hydrogen-bond donors (Lipinski definition) is 0. The van der Waals surface area contributed by atoms with Gasteiger partial charge >= 0.3 is 0 Å². The van der Waals surface area contributed by atoms with Crippen LogP contribution in [0.5, 0.6) is 0 Å². The first-order valence-corrected chi connectivity index (χ1v) is 16.6. The van der Waals surface area contributed by atoms with Crippen molar-refractivity contribution in [1.29, 1.82) is 0 Å². The minimum Gasteiger partial charge on any atom is -0.456 e. The van der Waals surface area contributed by atoms with Gasteiger partial charge in [-0.05, 0) is 88.3 Å². The Hall–Kier alpha value is -6.58. The van der Waals surface area contributed by atoms with Crippen molar-refractivity contribution >= 4 is 71.7 Å². The number of para-hydroxylation sites is 2. The van der Waals surface area contributed by atoms with E-state index in [1.165, 1.54) is 5.39 Å². The molecule has 8 aromatic carbocycles. The highest BCUT2D eigenvalue weighted by atomic mass is 16.3. The van der Waals surface area contributed by atoms with Gasteiger partial charge in [-0.2, -0.15) is 0 Å². The van der Waals surface area contributed by atoms with Gasteiger partial charge in [0.15, 0.2) is 0 Å². The van der Waals surface area contributed by atoms with E-state index in [9.17, 15) is 0 Å². The van der Waals surface area contributed by atoms with Gasteiger partial charge in [-0.15, -0.1) is 0 Å². The first-order chi connectivity index (χ1) is 24.3. The van der Waals surface area contributed by atoms with Gasteiger partial charge in [0.25, 0.3) is 0 Å². The predicted molar refractivity (Wildman–Crippen MR) is 204 cm³/mol. The second-order valence-electron chi connectivity index (χ2n) is 12.5. The topological polar surface area (TPSA) is 29.5 Å². The van der Waals surface area contributed by atoms with Crippen LogP contribution in [-0.2, 0) is 0 Å². The van der Waals surface area contributed by atoms with Crippen LogP contribution in [0.2, 0.25) is 0 Å². The second kappa shape index (κ2) is 11.0. The molecule has 2 heterocycles. The summed E-state index contributed by atoms with van der Waals surface area (Å²) in [5, 5.41) is 6.85. The number of anilines is 3. The Kier molecular flexibility index (Phi) is 6.18. The molecule has 0 saturated heterocycles. The van der Waals surface area contributed by atoms with Crippen molar-refractivity contribution in [2.24, 2.45) is 0 Å². The molecular weight excluding hydrogens is 599 g/mol. The Labute approximate surface area is 282 Å². The van der Waals surface area contributed by atoms with Crippen molar-refractivity contribution in [3.8, 4) is 22.3 Å². The molecular formula is C46H29NO2. The monoisotopic (exact) mass is 627 g/mol. The normalized spacial score (nSPS) is 11.7. The Balaban J connectivity index is 1.10. The van der Waals surface area contributed by atoms with E-state index in [1.54, 1.807) is 0 Å². The fourth-order valence-corrected chi connectivity index (χ4v) is 7.44. The first-order valence-electron chi connectivity index (χ1n) is 16.6. The number of fused-ring (bicyclic) bond motifs is 8. The van der Waals surface area contributed by atoms with Crippen LogP contribution in [0.25, 0.3) is 76.9 Å². The van der Waals surface area contributed by atoms with Crippen LogP contribution in [0.15, 0.2) is 185 Å². The zero-order valence-electron chi connectivity index (χ0n) is 26.5. The molecule has 0 spiro atoms. The molecule has 0 aliphatic rings. The van der Waals surface area contributed by atoms with Crippen LogP contribution in [0.1, 0.15) is 0 Å². The fourth-order valence-electron chi connectivity index (χ4n) is 7.44. The summed E-state index contributed by atoms with van der Waals surface area (Å²) in [6, 6.07) is 62.0. The van der Waals surface area contributed by atoms with Gasteiger partial charge in [0.1, 0.15) is 22.3 Å². The number of furan rings is 2. The Bertz CT molecular complexity index is 2830. The van der Waals surface area contributed by atoms with E-state index in [4.69, 9.17) is 8.83 Å². The molecule has 2 aromatic heterocycles. The van der Waals surface area contributed by atoms with Crippen LogP contribution in [0.3, 0.4) is 0 Å². The van der Waals surface area contributed by atoms with Crippen molar-refractivity contribution in [2.45, 2.75) is 0 Å².